The van der Waals surface area contributed by atoms with E-state index in [1.54, 1.807) is 0 Å². The van der Waals surface area contributed by atoms with Crippen LogP contribution >= 0.6 is 11.3 Å². The molecule has 0 unspecified atom stereocenters. The average Bonchev–Trinajstić information content (AvgIpc) is 2.92. The molecule has 19 heavy (non-hydrogen) atoms. The number of rotatable bonds is 6. The Kier molecular flexibility index (Phi) is 4.82. The van der Waals surface area contributed by atoms with Crippen LogP contribution in [0.1, 0.15) is 16.7 Å². The molecule has 0 aliphatic carbocycles. The maximum atomic E-state index is 8.43. The lowest BCUT2D eigenvalue weighted by atomic mass is 10.3. The van der Waals surface area contributed by atoms with Crippen LogP contribution in [0.2, 0.25) is 0 Å². The number of ether oxygens (including phenoxy) is 1. The Bertz CT molecular complexity index is 554. The zero-order valence-corrected chi connectivity index (χ0v) is 11.7. The molecule has 0 spiro atoms. The van der Waals surface area contributed by atoms with E-state index in [0.717, 1.165) is 24.4 Å². The molecule has 0 aliphatic rings. The zero-order valence-electron chi connectivity index (χ0n) is 10.8. The minimum Gasteiger partial charge on any atom is -0.479 e. The lowest BCUT2D eigenvalue weighted by molar-refractivity contribution is 0.368. The van der Waals surface area contributed by atoms with Gasteiger partial charge in [-0.15, -0.1) is 11.3 Å². The molecule has 98 valence electrons. The Labute approximate surface area is 117 Å². The lowest BCUT2D eigenvalue weighted by Gasteiger charge is -2.06. The third-order valence-corrected chi connectivity index (χ3v) is 3.92. The van der Waals surface area contributed by atoms with E-state index in [4.69, 9.17) is 10.00 Å². The molecule has 0 amide bonds. The Morgan fingerprint density at radius 2 is 1.89 bits per heavy atom. The van der Waals surface area contributed by atoms with Gasteiger partial charge in [-0.25, -0.2) is 0 Å². The van der Waals surface area contributed by atoms with Crippen molar-refractivity contribution < 1.29 is 4.74 Å². The van der Waals surface area contributed by atoms with Gasteiger partial charge in [-0.05, 0) is 42.8 Å². The van der Waals surface area contributed by atoms with E-state index < -0.39 is 0 Å². The molecule has 2 aromatic rings. The number of hydrogen-bond acceptors (Lipinski definition) is 4. The summed E-state index contributed by atoms with van der Waals surface area (Å²) < 4.78 is 5.20. The predicted octanol–water partition coefficient (Wildman–Crippen LogP) is 3.82. The van der Waals surface area contributed by atoms with Gasteiger partial charge in [-0.3, -0.25) is 0 Å². The number of nitrogens with zero attached hydrogens (tertiary/aromatic N) is 1. The van der Waals surface area contributed by atoms with Gasteiger partial charge in [-0.1, -0.05) is 6.92 Å². The number of anilines is 1. The fourth-order valence-corrected chi connectivity index (χ4v) is 2.58. The molecule has 4 heteroatoms. The summed E-state index contributed by atoms with van der Waals surface area (Å²) in [5, 5.41) is 11.8. The van der Waals surface area contributed by atoms with Crippen LogP contribution in [-0.2, 0) is 13.0 Å². The normalized spacial score (nSPS) is 9.89. The van der Waals surface area contributed by atoms with E-state index >= 15 is 0 Å². The van der Waals surface area contributed by atoms with Gasteiger partial charge < -0.3 is 10.1 Å². The van der Waals surface area contributed by atoms with E-state index in [2.05, 4.69) is 24.4 Å². The van der Waals surface area contributed by atoms with Gasteiger partial charge in [0.15, 0.2) is 6.61 Å². The molecule has 0 aliphatic heterocycles. The van der Waals surface area contributed by atoms with E-state index in [9.17, 15) is 0 Å². The molecule has 1 heterocycles. The van der Waals surface area contributed by atoms with E-state index in [-0.39, 0.29) is 6.61 Å². The van der Waals surface area contributed by atoms with Crippen LogP contribution in [0, 0.1) is 11.3 Å². The lowest BCUT2D eigenvalue weighted by Crippen LogP contribution is -1.98. The summed E-state index contributed by atoms with van der Waals surface area (Å²) >= 11 is 1.84. The Hall–Kier alpha value is -1.99. The van der Waals surface area contributed by atoms with Crippen LogP contribution in [-0.4, -0.2) is 6.61 Å². The summed E-state index contributed by atoms with van der Waals surface area (Å²) in [4.78, 5) is 2.75. The number of aryl methyl sites for hydroxylation is 1. The molecule has 0 bridgehead atoms. The van der Waals surface area contributed by atoms with Crippen molar-refractivity contribution in [2.45, 2.75) is 19.9 Å². The van der Waals surface area contributed by atoms with Gasteiger partial charge in [0.05, 0.1) is 0 Å². The molecule has 0 atom stereocenters. The van der Waals surface area contributed by atoms with Crippen molar-refractivity contribution in [3.05, 3.63) is 46.2 Å². The van der Waals surface area contributed by atoms with Crippen molar-refractivity contribution in [1.29, 1.82) is 5.26 Å². The van der Waals surface area contributed by atoms with Crippen LogP contribution in [0.5, 0.6) is 5.75 Å². The number of nitrogens with one attached hydrogen (secondary N) is 1. The second-order valence-electron chi connectivity index (χ2n) is 4.05. The molecular weight excluding hydrogens is 256 g/mol. The quantitative estimate of drug-likeness (QED) is 0.869. The van der Waals surface area contributed by atoms with Crippen molar-refractivity contribution in [2.75, 3.05) is 11.9 Å². The molecule has 1 N–H and O–H groups in total. The van der Waals surface area contributed by atoms with Gasteiger partial charge in [0.2, 0.25) is 0 Å². The first kappa shape index (κ1) is 13.4. The van der Waals surface area contributed by atoms with Crippen molar-refractivity contribution in [2.24, 2.45) is 0 Å². The standard InChI is InChI=1S/C15H16N2OS/c1-2-14-7-8-15(19-14)11-17-12-3-5-13(6-4-12)18-10-9-16/h3-8,17H,2,10-11H2,1H3. The minimum absolute atomic E-state index is 0.0851. The monoisotopic (exact) mass is 272 g/mol. The largest absolute Gasteiger partial charge is 0.479 e. The van der Waals surface area contributed by atoms with Crippen molar-refractivity contribution in [3.63, 3.8) is 0 Å². The van der Waals surface area contributed by atoms with Crippen LogP contribution in [0.4, 0.5) is 5.69 Å². The highest BCUT2D eigenvalue weighted by Crippen LogP contribution is 2.20. The second-order valence-corrected chi connectivity index (χ2v) is 5.30. The number of thiophene rings is 1. The number of hydrogen-bond donors (Lipinski definition) is 1. The van der Waals surface area contributed by atoms with Crippen LogP contribution in [0.25, 0.3) is 0 Å². The maximum Gasteiger partial charge on any atom is 0.174 e. The molecular formula is C15H16N2OS. The van der Waals surface area contributed by atoms with E-state index in [0.29, 0.717) is 0 Å². The SMILES string of the molecule is CCc1ccc(CNc2ccc(OCC#N)cc2)s1. The molecule has 2 rings (SSSR count). The van der Waals surface area contributed by atoms with Gasteiger partial charge in [0.1, 0.15) is 11.8 Å². The summed E-state index contributed by atoms with van der Waals surface area (Å²) in [6, 6.07) is 13.9. The van der Waals surface area contributed by atoms with Gasteiger partial charge >= 0.3 is 0 Å². The van der Waals surface area contributed by atoms with Crippen molar-refractivity contribution in [3.8, 4) is 11.8 Å². The number of nitriles is 1. The summed E-state index contributed by atoms with van der Waals surface area (Å²) in [7, 11) is 0. The third kappa shape index (κ3) is 4.01. The van der Waals surface area contributed by atoms with E-state index in [1.807, 2.05) is 41.7 Å². The highest BCUT2D eigenvalue weighted by molar-refractivity contribution is 7.12. The van der Waals surface area contributed by atoms with Crippen LogP contribution in [0.3, 0.4) is 0 Å². The van der Waals surface area contributed by atoms with Crippen molar-refractivity contribution in [1.82, 2.24) is 0 Å². The Morgan fingerprint density at radius 1 is 1.16 bits per heavy atom. The first-order valence-corrected chi connectivity index (χ1v) is 7.04. The van der Waals surface area contributed by atoms with Gasteiger partial charge in [0.25, 0.3) is 0 Å². The highest BCUT2D eigenvalue weighted by Gasteiger charge is 1.99. The van der Waals surface area contributed by atoms with E-state index in [1.165, 1.54) is 9.75 Å². The smallest absolute Gasteiger partial charge is 0.174 e. The molecule has 1 aromatic heterocycles. The number of benzene rings is 1. The molecule has 3 nitrogen and oxygen atoms in total. The Morgan fingerprint density at radius 3 is 2.53 bits per heavy atom. The Balaban J connectivity index is 1.87. The third-order valence-electron chi connectivity index (χ3n) is 2.69. The van der Waals surface area contributed by atoms with Crippen LogP contribution < -0.4 is 10.1 Å². The van der Waals surface area contributed by atoms with Gasteiger partial charge in [0, 0.05) is 22.0 Å². The summed E-state index contributed by atoms with van der Waals surface area (Å²) in [5.41, 5.74) is 1.05. The van der Waals surface area contributed by atoms with Crippen molar-refractivity contribution >= 4 is 17.0 Å². The first-order valence-electron chi connectivity index (χ1n) is 6.23. The molecule has 0 fully saturated rings. The average molecular weight is 272 g/mol. The molecule has 0 saturated carbocycles. The fourth-order valence-electron chi connectivity index (χ4n) is 1.68. The van der Waals surface area contributed by atoms with Gasteiger partial charge in [-0.2, -0.15) is 5.26 Å². The first-order chi connectivity index (χ1) is 9.31. The zero-order chi connectivity index (χ0) is 13.5. The minimum atomic E-state index is 0.0851. The highest BCUT2D eigenvalue weighted by atomic mass is 32.1. The second kappa shape index (κ2) is 6.81. The molecule has 1 aromatic carbocycles. The summed E-state index contributed by atoms with van der Waals surface area (Å²) in [6.45, 7) is 3.09. The van der Waals surface area contributed by atoms with Crippen LogP contribution in [0.15, 0.2) is 36.4 Å². The topological polar surface area (TPSA) is 45.0 Å². The predicted molar refractivity (Wildman–Crippen MR) is 78.6 cm³/mol. The summed E-state index contributed by atoms with van der Waals surface area (Å²) in [5.74, 6) is 0.719. The summed E-state index contributed by atoms with van der Waals surface area (Å²) in [6.07, 6.45) is 1.09. The fraction of sp³-hybridized carbons (Fsp3) is 0.267. The molecule has 0 radical (unpaired) electrons. The molecule has 0 saturated heterocycles. The maximum absolute atomic E-state index is 8.43.